The van der Waals surface area contributed by atoms with E-state index in [-0.39, 0.29) is 18.9 Å². The van der Waals surface area contributed by atoms with Gasteiger partial charge in [0.25, 0.3) is 5.91 Å². The number of aryl methyl sites for hydroxylation is 2. The minimum atomic E-state index is -5.19. The summed E-state index contributed by atoms with van der Waals surface area (Å²) < 4.78 is 34.6. The van der Waals surface area contributed by atoms with Gasteiger partial charge in [-0.1, -0.05) is 4.68 Å². The molecule has 148 valence electrons. The van der Waals surface area contributed by atoms with Crippen molar-refractivity contribution < 1.29 is 42.4 Å². The van der Waals surface area contributed by atoms with E-state index in [1.54, 1.807) is 19.3 Å². The van der Waals surface area contributed by atoms with Crippen LogP contribution in [-0.2, 0) is 23.2 Å². The highest BCUT2D eigenvalue weighted by atomic mass is 19.4. The number of rotatable bonds is 5. The average Bonchev–Trinajstić information content (AvgIpc) is 2.89. The monoisotopic (exact) mass is 391 g/mol. The van der Waals surface area contributed by atoms with E-state index >= 15 is 0 Å². The lowest BCUT2D eigenvalue weighted by molar-refractivity contribution is -0.750. The van der Waals surface area contributed by atoms with Gasteiger partial charge < -0.3 is 20.3 Å². The van der Waals surface area contributed by atoms with Gasteiger partial charge in [0.2, 0.25) is 5.65 Å². The van der Waals surface area contributed by atoms with Crippen molar-refractivity contribution in [2.75, 3.05) is 6.54 Å². The molecule has 0 atom stereocenters. The number of hydrogen-bond acceptors (Lipinski definition) is 6. The number of nitrogens with zero attached hydrogens (tertiary/aromatic N) is 4. The van der Waals surface area contributed by atoms with Crippen LogP contribution in [0.5, 0.6) is 0 Å². The Morgan fingerprint density at radius 1 is 1.37 bits per heavy atom. The van der Waals surface area contributed by atoms with Gasteiger partial charge in [-0.05, 0) is 6.92 Å². The van der Waals surface area contributed by atoms with Gasteiger partial charge in [0.05, 0.1) is 5.39 Å². The van der Waals surface area contributed by atoms with E-state index in [1.807, 2.05) is 6.92 Å². The first-order valence-corrected chi connectivity index (χ1v) is 7.49. The maximum absolute atomic E-state index is 11.9. The van der Waals surface area contributed by atoms with Crippen molar-refractivity contribution in [3.8, 4) is 0 Å². The van der Waals surface area contributed by atoms with Crippen LogP contribution in [-0.4, -0.2) is 50.6 Å². The summed E-state index contributed by atoms with van der Waals surface area (Å²) in [7, 11) is 1.69. The second kappa shape index (κ2) is 8.91. The van der Waals surface area contributed by atoms with Crippen molar-refractivity contribution in [1.29, 1.82) is 0 Å². The van der Waals surface area contributed by atoms with E-state index < -0.39 is 18.1 Å². The molecule has 0 unspecified atom stereocenters. The quantitative estimate of drug-likeness (QED) is 0.609. The molecule has 2 N–H and O–H groups in total. The van der Waals surface area contributed by atoms with Gasteiger partial charge in [0.1, 0.15) is 12.4 Å². The molecule has 0 radical (unpaired) electrons. The molecule has 0 aliphatic rings. The molecular weight excluding hydrogens is 375 g/mol. The average molecular weight is 391 g/mol. The second-order valence-electron chi connectivity index (χ2n) is 5.08. The highest BCUT2D eigenvalue weighted by Crippen LogP contribution is 2.13. The van der Waals surface area contributed by atoms with Gasteiger partial charge in [0.15, 0.2) is 18.4 Å². The summed E-state index contributed by atoms with van der Waals surface area (Å²) in [5.74, 6) is -4.14. The Bertz CT molecular complexity index is 850. The fourth-order valence-electron chi connectivity index (χ4n) is 1.87. The molecule has 0 aromatic carbocycles. The summed E-state index contributed by atoms with van der Waals surface area (Å²) in [5, 5.41) is 29.2. The zero-order valence-corrected chi connectivity index (χ0v) is 14.3. The topological polar surface area (TPSA) is 141 Å². The SMILES string of the molecule is CCNC(=O)c1nn(C)c2n[n+](CCC(=O)O)ccc12.O=C([O-])C(F)(F)F. The first kappa shape index (κ1) is 21.8. The van der Waals surface area contributed by atoms with Crippen LogP contribution >= 0.6 is 0 Å². The smallest absolute Gasteiger partial charge is 0.430 e. The number of fused-ring (bicyclic) bond motifs is 1. The number of carbonyl (C=O) groups excluding carboxylic acids is 2. The Morgan fingerprint density at radius 3 is 2.44 bits per heavy atom. The van der Waals surface area contributed by atoms with E-state index in [0.29, 0.717) is 23.3 Å². The third kappa shape index (κ3) is 6.20. The zero-order chi connectivity index (χ0) is 20.8. The lowest BCUT2D eigenvalue weighted by Crippen LogP contribution is -2.38. The number of aliphatic carboxylic acids is 2. The zero-order valence-electron chi connectivity index (χ0n) is 14.3. The molecule has 2 heterocycles. The van der Waals surface area contributed by atoms with Crippen LogP contribution < -0.4 is 15.1 Å². The van der Waals surface area contributed by atoms with Crippen LogP contribution in [0.2, 0.25) is 0 Å². The van der Waals surface area contributed by atoms with Crippen molar-refractivity contribution in [2.45, 2.75) is 26.1 Å². The molecule has 0 spiro atoms. The third-order valence-electron chi connectivity index (χ3n) is 3.03. The van der Waals surface area contributed by atoms with E-state index in [2.05, 4.69) is 15.5 Å². The Labute approximate surface area is 150 Å². The molecule has 2 rings (SSSR count). The highest BCUT2D eigenvalue weighted by molar-refractivity contribution is 6.03. The lowest BCUT2D eigenvalue weighted by atomic mass is 10.2. The third-order valence-corrected chi connectivity index (χ3v) is 3.03. The predicted molar refractivity (Wildman–Crippen MR) is 80.0 cm³/mol. The normalized spacial score (nSPS) is 10.9. The summed E-state index contributed by atoms with van der Waals surface area (Å²) in [6.07, 6.45) is -3.56. The van der Waals surface area contributed by atoms with Gasteiger partial charge in [-0.2, -0.15) is 18.3 Å². The molecule has 0 aliphatic carbocycles. The lowest BCUT2D eigenvalue weighted by Gasteiger charge is -2.03. The number of carbonyl (C=O) groups is 3. The molecule has 0 bridgehead atoms. The van der Waals surface area contributed by atoms with Crippen LogP contribution in [0, 0.1) is 0 Å². The number of carboxylic acids is 2. The maximum atomic E-state index is 11.9. The fourth-order valence-corrected chi connectivity index (χ4v) is 1.87. The molecule has 0 fully saturated rings. The Hall–Kier alpha value is -3.25. The first-order valence-electron chi connectivity index (χ1n) is 7.49. The van der Waals surface area contributed by atoms with Gasteiger partial charge in [-0.15, -0.1) is 0 Å². The van der Waals surface area contributed by atoms with Crippen LogP contribution in [0.4, 0.5) is 13.2 Å². The minimum absolute atomic E-state index is 0.00972. The van der Waals surface area contributed by atoms with Crippen LogP contribution in [0.3, 0.4) is 0 Å². The summed E-state index contributed by atoms with van der Waals surface area (Å²) in [6, 6.07) is 1.72. The van der Waals surface area contributed by atoms with Crippen LogP contribution in [0.15, 0.2) is 12.3 Å². The molecule has 27 heavy (non-hydrogen) atoms. The van der Waals surface area contributed by atoms with Crippen molar-refractivity contribution in [2.24, 2.45) is 7.05 Å². The Balaban J connectivity index is 0.000000445. The Morgan fingerprint density at radius 2 is 1.96 bits per heavy atom. The number of hydrogen-bond donors (Lipinski definition) is 2. The van der Waals surface area contributed by atoms with Crippen LogP contribution in [0.25, 0.3) is 11.0 Å². The van der Waals surface area contributed by atoms with Gasteiger partial charge in [-0.25, -0.2) is 4.68 Å². The van der Waals surface area contributed by atoms with Crippen molar-refractivity contribution >= 4 is 28.9 Å². The van der Waals surface area contributed by atoms with Gasteiger partial charge in [-0.3, -0.25) is 9.59 Å². The van der Waals surface area contributed by atoms with Crippen molar-refractivity contribution in [3.63, 3.8) is 0 Å². The number of carboxylic acid groups (broad SMARTS) is 2. The molecule has 1 amide bonds. The number of halogens is 3. The minimum Gasteiger partial charge on any atom is -0.542 e. The molecule has 2 aromatic heterocycles. The van der Waals surface area contributed by atoms with Crippen LogP contribution in [0.1, 0.15) is 23.8 Å². The molecule has 10 nitrogen and oxygen atoms in total. The van der Waals surface area contributed by atoms with Gasteiger partial charge >= 0.3 is 12.1 Å². The second-order valence-corrected chi connectivity index (χ2v) is 5.08. The molecular formula is C14H16F3N5O5. The van der Waals surface area contributed by atoms with Crippen molar-refractivity contribution in [3.05, 3.63) is 18.0 Å². The first-order chi connectivity index (χ1) is 12.5. The maximum Gasteiger partial charge on any atom is 0.430 e. The van der Waals surface area contributed by atoms with E-state index in [4.69, 9.17) is 15.0 Å². The summed E-state index contributed by atoms with van der Waals surface area (Å²) >= 11 is 0. The predicted octanol–water partition coefficient (Wildman–Crippen LogP) is -1.22. The molecule has 0 saturated heterocycles. The van der Waals surface area contributed by atoms with Gasteiger partial charge in [0, 0.05) is 24.8 Å². The summed E-state index contributed by atoms with van der Waals surface area (Å²) in [5.41, 5.74) is 0.862. The summed E-state index contributed by atoms with van der Waals surface area (Å²) in [4.78, 5) is 31.2. The molecule has 0 aliphatic heterocycles. The number of aromatic nitrogens is 4. The molecule has 13 heteroatoms. The largest absolute Gasteiger partial charge is 0.542 e. The number of amides is 1. The molecule has 0 saturated carbocycles. The highest BCUT2D eigenvalue weighted by Gasteiger charge is 2.28. The van der Waals surface area contributed by atoms with E-state index in [9.17, 15) is 22.8 Å². The molecule has 2 aromatic rings. The standard InChI is InChI=1S/C12H15N5O3.C2HF3O2/c1-3-13-12(20)10-8-4-6-17(7-5-9(18)19)15-11(8)16(2)14-10;3-2(4,5)1(6)7/h4,6H,3,5,7H2,1-2H3,(H-,13,18,19,20);(H,6,7). The Kier molecular flexibility index (Phi) is 7.19. The van der Waals surface area contributed by atoms with E-state index in [0.717, 1.165) is 0 Å². The van der Waals surface area contributed by atoms with Crippen molar-refractivity contribution in [1.82, 2.24) is 20.2 Å². The fraction of sp³-hybridized carbons (Fsp3) is 0.429. The number of alkyl halides is 3. The van der Waals surface area contributed by atoms with E-state index in [1.165, 1.54) is 9.36 Å². The summed E-state index contributed by atoms with van der Waals surface area (Å²) in [6.45, 7) is 2.63. The number of nitrogens with one attached hydrogen (secondary N) is 1.